The van der Waals surface area contributed by atoms with Crippen LogP contribution in [-0.4, -0.2) is 9.55 Å². The fourth-order valence-corrected chi connectivity index (χ4v) is 2.60. The van der Waals surface area contributed by atoms with E-state index in [2.05, 4.69) is 48.5 Å². The zero-order valence-electron chi connectivity index (χ0n) is 11.4. The van der Waals surface area contributed by atoms with Crippen molar-refractivity contribution in [1.82, 2.24) is 9.55 Å². The summed E-state index contributed by atoms with van der Waals surface area (Å²) in [5.74, 6) is 2.17. The van der Waals surface area contributed by atoms with Crippen LogP contribution in [0.15, 0.2) is 18.2 Å². The van der Waals surface area contributed by atoms with Crippen LogP contribution >= 0.6 is 11.6 Å². The summed E-state index contributed by atoms with van der Waals surface area (Å²) in [5.41, 5.74) is 3.52. The van der Waals surface area contributed by atoms with Crippen molar-refractivity contribution in [2.45, 2.75) is 46.0 Å². The standard InChI is InChI=1S/C15H21ClN2/c1-4-12(5-2)10-18-14-7-6-11(3)8-13(14)17-15(18)9-16/h6-8,12H,4-5,9-10H2,1-3H3. The molecule has 1 heterocycles. The predicted octanol–water partition coefficient (Wildman–Crippen LogP) is 4.52. The largest absolute Gasteiger partial charge is 0.327 e. The number of hydrogen-bond donors (Lipinski definition) is 0. The van der Waals surface area contributed by atoms with Crippen LogP contribution in [0.1, 0.15) is 38.1 Å². The first kappa shape index (κ1) is 13.4. The van der Waals surface area contributed by atoms with Gasteiger partial charge < -0.3 is 4.57 Å². The second-order valence-corrected chi connectivity index (χ2v) is 5.21. The summed E-state index contributed by atoms with van der Waals surface area (Å²) in [6.45, 7) is 7.62. The van der Waals surface area contributed by atoms with Crippen molar-refractivity contribution < 1.29 is 0 Å². The minimum absolute atomic E-state index is 0.480. The normalized spacial score (nSPS) is 11.6. The van der Waals surface area contributed by atoms with E-state index in [4.69, 9.17) is 11.6 Å². The highest BCUT2D eigenvalue weighted by Crippen LogP contribution is 2.22. The lowest BCUT2D eigenvalue weighted by molar-refractivity contribution is 0.419. The van der Waals surface area contributed by atoms with E-state index in [0.29, 0.717) is 11.8 Å². The maximum absolute atomic E-state index is 6.03. The van der Waals surface area contributed by atoms with E-state index in [9.17, 15) is 0 Å². The Bertz CT molecular complexity index is 527. The highest BCUT2D eigenvalue weighted by Gasteiger charge is 2.13. The van der Waals surface area contributed by atoms with E-state index in [1.807, 2.05) is 0 Å². The maximum Gasteiger partial charge on any atom is 0.124 e. The van der Waals surface area contributed by atoms with Crippen molar-refractivity contribution in [3.05, 3.63) is 29.6 Å². The van der Waals surface area contributed by atoms with Gasteiger partial charge in [-0.15, -0.1) is 11.6 Å². The van der Waals surface area contributed by atoms with Crippen LogP contribution in [0.4, 0.5) is 0 Å². The Hall–Kier alpha value is -1.02. The second kappa shape index (κ2) is 5.75. The summed E-state index contributed by atoms with van der Waals surface area (Å²) >= 11 is 6.03. The number of aromatic nitrogens is 2. The number of aryl methyl sites for hydroxylation is 1. The van der Waals surface area contributed by atoms with Crippen LogP contribution < -0.4 is 0 Å². The number of alkyl halides is 1. The van der Waals surface area contributed by atoms with Crippen LogP contribution in [0, 0.1) is 12.8 Å². The molecule has 0 bridgehead atoms. The van der Waals surface area contributed by atoms with E-state index in [-0.39, 0.29) is 0 Å². The number of nitrogens with zero attached hydrogens (tertiary/aromatic N) is 2. The molecule has 1 aromatic heterocycles. The lowest BCUT2D eigenvalue weighted by Crippen LogP contribution is -2.11. The molecule has 0 unspecified atom stereocenters. The maximum atomic E-state index is 6.03. The summed E-state index contributed by atoms with van der Waals surface area (Å²) in [5, 5.41) is 0. The van der Waals surface area contributed by atoms with Gasteiger partial charge in [-0.3, -0.25) is 0 Å². The summed E-state index contributed by atoms with van der Waals surface area (Å²) in [6.07, 6.45) is 2.40. The fraction of sp³-hybridized carbons (Fsp3) is 0.533. The van der Waals surface area contributed by atoms with Gasteiger partial charge in [-0.25, -0.2) is 4.98 Å². The average Bonchev–Trinajstić information content (AvgIpc) is 2.72. The minimum Gasteiger partial charge on any atom is -0.327 e. The molecule has 0 atom stereocenters. The predicted molar refractivity (Wildman–Crippen MR) is 78.1 cm³/mol. The molecule has 0 saturated carbocycles. The molecule has 18 heavy (non-hydrogen) atoms. The van der Waals surface area contributed by atoms with E-state index < -0.39 is 0 Å². The SMILES string of the molecule is CCC(CC)Cn1c(CCl)nc2cc(C)ccc21. The Kier molecular flexibility index (Phi) is 4.28. The quantitative estimate of drug-likeness (QED) is 0.726. The van der Waals surface area contributed by atoms with Gasteiger partial charge in [-0.05, 0) is 30.5 Å². The zero-order valence-corrected chi connectivity index (χ0v) is 12.2. The van der Waals surface area contributed by atoms with Crippen molar-refractivity contribution in [1.29, 1.82) is 0 Å². The first-order chi connectivity index (χ1) is 8.69. The third kappa shape index (κ3) is 2.54. The van der Waals surface area contributed by atoms with Gasteiger partial charge in [0.25, 0.3) is 0 Å². The van der Waals surface area contributed by atoms with Crippen LogP contribution in [-0.2, 0) is 12.4 Å². The Morgan fingerprint density at radius 3 is 2.61 bits per heavy atom. The van der Waals surface area contributed by atoms with Gasteiger partial charge in [0.15, 0.2) is 0 Å². The lowest BCUT2D eigenvalue weighted by atomic mass is 10.0. The van der Waals surface area contributed by atoms with Crippen LogP contribution in [0.5, 0.6) is 0 Å². The van der Waals surface area contributed by atoms with Crippen molar-refractivity contribution in [3.8, 4) is 0 Å². The number of benzene rings is 1. The van der Waals surface area contributed by atoms with Crippen molar-refractivity contribution in [2.75, 3.05) is 0 Å². The Labute approximate surface area is 114 Å². The summed E-state index contributed by atoms with van der Waals surface area (Å²) < 4.78 is 2.29. The molecule has 2 rings (SSSR count). The van der Waals surface area contributed by atoms with Crippen LogP contribution in [0.3, 0.4) is 0 Å². The molecule has 0 aliphatic rings. The number of imidazole rings is 1. The molecule has 98 valence electrons. The van der Waals surface area contributed by atoms with Crippen molar-refractivity contribution >= 4 is 22.6 Å². The van der Waals surface area contributed by atoms with Gasteiger partial charge in [0.2, 0.25) is 0 Å². The molecule has 0 amide bonds. The molecule has 2 nitrogen and oxygen atoms in total. The molecule has 0 aliphatic carbocycles. The lowest BCUT2D eigenvalue weighted by Gasteiger charge is -2.15. The van der Waals surface area contributed by atoms with Gasteiger partial charge in [-0.2, -0.15) is 0 Å². The minimum atomic E-state index is 0.480. The van der Waals surface area contributed by atoms with Crippen molar-refractivity contribution in [2.24, 2.45) is 5.92 Å². The summed E-state index contributed by atoms with van der Waals surface area (Å²) in [7, 11) is 0. The molecule has 0 aliphatic heterocycles. The van der Waals surface area contributed by atoms with E-state index in [1.165, 1.54) is 23.9 Å². The number of rotatable bonds is 5. The molecule has 0 fully saturated rings. The smallest absolute Gasteiger partial charge is 0.124 e. The average molecular weight is 265 g/mol. The molecule has 0 spiro atoms. The number of hydrogen-bond acceptors (Lipinski definition) is 1. The van der Waals surface area contributed by atoms with E-state index >= 15 is 0 Å². The molecule has 0 N–H and O–H groups in total. The molecule has 3 heteroatoms. The van der Waals surface area contributed by atoms with Crippen molar-refractivity contribution in [3.63, 3.8) is 0 Å². The molecule has 1 aromatic carbocycles. The van der Waals surface area contributed by atoms with Gasteiger partial charge in [0.1, 0.15) is 5.82 Å². The van der Waals surface area contributed by atoms with E-state index in [0.717, 1.165) is 17.9 Å². The third-order valence-corrected chi connectivity index (χ3v) is 3.94. The Morgan fingerprint density at radius 2 is 2.00 bits per heavy atom. The monoisotopic (exact) mass is 264 g/mol. The first-order valence-electron chi connectivity index (χ1n) is 6.71. The van der Waals surface area contributed by atoms with Crippen LogP contribution in [0.25, 0.3) is 11.0 Å². The summed E-state index contributed by atoms with van der Waals surface area (Å²) in [6, 6.07) is 6.44. The highest BCUT2D eigenvalue weighted by molar-refractivity contribution is 6.16. The topological polar surface area (TPSA) is 17.8 Å². The van der Waals surface area contributed by atoms with Crippen LogP contribution in [0.2, 0.25) is 0 Å². The Balaban J connectivity index is 2.46. The number of halogens is 1. The van der Waals surface area contributed by atoms with Gasteiger partial charge >= 0.3 is 0 Å². The van der Waals surface area contributed by atoms with Gasteiger partial charge in [0, 0.05) is 6.54 Å². The first-order valence-corrected chi connectivity index (χ1v) is 7.24. The van der Waals surface area contributed by atoms with Gasteiger partial charge in [-0.1, -0.05) is 32.8 Å². The number of fused-ring (bicyclic) bond motifs is 1. The van der Waals surface area contributed by atoms with E-state index in [1.54, 1.807) is 0 Å². The zero-order chi connectivity index (χ0) is 13.1. The molecular formula is C15H21ClN2. The summed E-state index contributed by atoms with van der Waals surface area (Å²) in [4.78, 5) is 4.64. The van der Waals surface area contributed by atoms with Gasteiger partial charge in [0.05, 0.1) is 16.9 Å². The highest BCUT2D eigenvalue weighted by atomic mass is 35.5. The Morgan fingerprint density at radius 1 is 1.28 bits per heavy atom. The fourth-order valence-electron chi connectivity index (χ4n) is 2.40. The molecule has 0 saturated heterocycles. The molecule has 0 radical (unpaired) electrons. The molecule has 2 aromatic rings. The third-order valence-electron chi connectivity index (χ3n) is 3.70. The second-order valence-electron chi connectivity index (χ2n) is 4.95. The molecular weight excluding hydrogens is 244 g/mol.